The first-order valence-corrected chi connectivity index (χ1v) is 5.10. The number of allylic oxidation sites excluding steroid dienone is 4. The van der Waals surface area contributed by atoms with Crippen molar-refractivity contribution in [1.82, 2.24) is 0 Å². The normalized spacial score (nSPS) is 45.7. The van der Waals surface area contributed by atoms with Crippen LogP contribution < -0.4 is 0 Å². The topological polar surface area (TPSA) is 0 Å². The molecule has 0 N–H and O–H groups in total. The molecule has 0 saturated carbocycles. The Bertz CT molecular complexity index is 289. The van der Waals surface area contributed by atoms with Crippen molar-refractivity contribution in [3.8, 4) is 0 Å². The summed E-state index contributed by atoms with van der Waals surface area (Å²) < 4.78 is 23.0. The first-order chi connectivity index (χ1) is 5.93. The van der Waals surface area contributed by atoms with Crippen LogP contribution in [-0.2, 0) is 0 Å². The Morgan fingerprint density at radius 1 is 1.90 bits per heavy atom. The molecule has 2 atom stereocenters. The Morgan fingerprint density at radius 2 is 2.60 bits per heavy atom. The van der Waals surface area contributed by atoms with E-state index in [0.717, 1.165) is 0 Å². The second-order valence-corrected chi connectivity index (χ2v) is 3.74. The molecule has 1 rings (SSSR count). The zero-order valence-electron chi connectivity index (χ0n) is 8.00. The summed E-state index contributed by atoms with van der Waals surface area (Å²) in [5.74, 6) is -1.11. The fourth-order valence-electron chi connectivity index (χ4n) is 0.600. The molecule has 0 fully saturated rings. The minimum Gasteiger partial charge on any atom is -0.0921 e. The summed E-state index contributed by atoms with van der Waals surface area (Å²) in [6.45, 7) is 0. The molecular formula is C7H7Br2Cl. The van der Waals surface area contributed by atoms with Crippen LogP contribution in [0.15, 0.2) is 23.2 Å². The summed E-state index contributed by atoms with van der Waals surface area (Å²) in [5.41, 5.74) is 0. The Morgan fingerprint density at radius 3 is 3.20 bits per heavy atom. The SMILES string of the molecule is [2H]C1=CC(Br)C([2H])(CBr)C([2H])=C1Cl. The van der Waals surface area contributed by atoms with Crippen molar-refractivity contribution < 1.29 is 4.11 Å². The summed E-state index contributed by atoms with van der Waals surface area (Å²) in [4.78, 5) is -0.345. The van der Waals surface area contributed by atoms with Gasteiger partial charge in [-0.25, -0.2) is 0 Å². The van der Waals surface area contributed by atoms with E-state index in [0.29, 0.717) is 5.33 Å². The molecule has 0 aliphatic heterocycles. The molecule has 0 amide bonds. The number of halogens is 3. The maximum atomic E-state index is 7.95. The van der Waals surface area contributed by atoms with Crippen LogP contribution in [-0.4, -0.2) is 10.2 Å². The van der Waals surface area contributed by atoms with E-state index >= 15 is 0 Å². The van der Waals surface area contributed by atoms with Gasteiger partial charge in [0.2, 0.25) is 0 Å². The molecule has 2 unspecified atom stereocenters. The Labute approximate surface area is 86.8 Å². The highest BCUT2D eigenvalue weighted by atomic mass is 79.9. The Kier molecular flexibility index (Phi) is 2.12. The second kappa shape index (κ2) is 3.93. The third-order valence-corrected chi connectivity index (χ3v) is 2.73. The quantitative estimate of drug-likeness (QED) is 0.649. The molecule has 0 nitrogen and oxygen atoms in total. The molecule has 3 heteroatoms. The van der Waals surface area contributed by atoms with Gasteiger partial charge in [0.1, 0.15) is 0 Å². The van der Waals surface area contributed by atoms with Crippen LogP contribution in [0.2, 0.25) is 0 Å². The van der Waals surface area contributed by atoms with Gasteiger partial charge in [-0.1, -0.05) is 55.6 Å². The lowest BCUT2D eigenvalue weighted by atomic mass is 10.0. The molecule has 1 aliphatic rings. The average Bonchev–Trinajstić information content (AvgIpc) is 2.11. The summed E-state index contributed by atoms with van der Waals surface area (Å²) in [6, 6.07) is 0.0952. The Hall–Kier alpha value is 0.730. The van der Waals surface area contributed by atoms with E-state index in [1.807, 2.05) is 0 Å². The maximum Gasteiger partial charge on any atom is 0.0635 e. The van der Waals surface area contributed by atoms with E-state index < -0.39 is 5.89 Å². The summed E-state index contributed by atoms with van der Waals surface area (Å²) in [7, 11) is 0. The van der Waals surface area contributed by atoms with Gasteiger partial charge in [-0.2, -0.15) is 0 Å². The van der Waals surface area contributed by atoms with Gasteiger partial charge in [0.25, 0.3) is 0 Å². The summed E-state index contributed by atoms with van der Waals surface area (Å²) in [5, 5.41) is 0.375. The third-order valence-electron chi connectivity index (χ3n) is 1.10. The third kappa shape index (κ3) is 2.11. The molecule has 0 radical (unpaired) electrons. The highest BCUT2D eigenvalue weighted by Gasteiger charge is 2.15. The van der Waals surface area contributed by atoms with Crippen molar-refractivity contribution in [2.45, 2.75) is 4.83 Å². The van der Waals surface area contributed by atoms with Crippen molar-refractivity contribution in [1.29, 1.82) is 0 Å². The second-order valence-electron chi connectivity index (χ2n) is 1.81. The van der Waals surface area contributed by atoms with E-state index in [4.69, 9.17) is 15.7 Å². The monoisotopic (exact) mass is 287 g/mol. The van der Waals surface area contributed by atoms with Crippen LogP contribution in [0.4, 0.5) is 0 Å². The van der Waals surface area contributed by atoms with E-state index in [9.17, 15) is 0 Å². The first kappa shape index (κ1) is 5.39. The number of alkyl halides is 2. The molecule has 0 aromatic rings. The number of rotatable bonds is 1. The molecule has 56 valence electrons. The van der Waals surface area contributed by atoms with Crippen LogP contribution in [0.25, 0.3) is 0 Å². The van der Waals surface area contributed by atoms with Gasteiger partial charge in [-0.3, -0.25) is 0 Å². The van der Waals surface area contributed by atoms with Crippen molar-refractivity contribution in [2.24, 2.45) is 5.89 Å². The van der Waals surface area contributed by atoms with E-state index in [1.165, 1.54) is 6.08 Å². The predicted octanol–water partition coefficient (Wildman–Crippen LogP) is 3.45. The fourth-order valence-corrected chi connectivity index (χ4v) is 2.12. The molecule has 0 bridgehead atoms. The summed E-state index contributed by atoms with van der Waals surface area (Å²) in [6.07, 6.45) is 1.54. The maximum absolute atomic E-state index is 7.95. The standard InChI is InChI=1S/C7H7Br2Cl/c8-4-5-3-6(10)1-2-7(5)9/h1-3,5,7H,4H2/i1D,3D,5D. The molecular weight excluding hydrogens is 279 g/mol. The van der Waals surface area contributed by atoms with Crippen LogP contribution in [0.1, 0.15) is 4.11 Å². The molecule has 0 aromatic heterocycles. The highest BCUT2D eigenvalue weighted by molar-refractivity contribution is 9.10. The average molecular weight is 289 g/mol. The largest absolute Gasteiger partial charge is 0.0921 e. The minimum absolute atomic E-state index is 0.0135. The van der Waals surface area contributed by atoms with Gasteiger partial charge in [-0.15, -0.1) is 0 Å². The molecule has 0 saturated heterocycles. The van der Waals surface area contributed by atoms with Crippen LogP contribution >= 0.6 is 43.5 Å². The zero-order valence-corrected chi connectivity index (χ0v) is 8.92. The fraction of sp³-hybridized carbons (Fsp3) is 0.429. The molecule has 0 heterocycles. The number of hydrogen-bond donors (Lipinski definition) is 0. The van der Waals surface area contributed by atoms with E-state index in [2.05, 4.69) is 31.9 Å². The smallest absolute Gasteiger partial charge is 0.0635 e. The summed E-state index contributed by atoms with van der Waals surface area (Å²) >= 11 is 12.1. The lowest BCUT2D eigenvalue weighted by Gasteiger charge is -2.16. The molecule has 0 aromatic carbocycles. The minimum atomic E-state index is -1.11. The zero-order chi connectivity index (χ0) is 10.2. The highest BCUT2D eigenvalue weighted by Crippen LogP contribution is 2.26. The van der Waals surface area contributed by atoms with E-state index in [1.54, 1.807) is 0 Å². The van der Waals surface area contributed by atoms with Crippen LogP contribution in [0, 0.1) is 5.89 Å². The Balaban J connectivity index is 3.18. The van der Waals surface area contributed by atoms with Gasteiger partial charge < -0.3 is 0 Å². The lowest BCUT2D eigenvalue weighted by Crippen LogP contribution is -2.13. The van der Waals surface area contributed by atoms with Crippen molar-refractivity contribution >= 4 is 43.5 Å². The molecule has 1 aliphatic carbocycles. The molecule has 0 spiro atoms. The van der Waals surface area contributed by atoms with Crippen molar-refractivity contribution in [3.63, 3.8) is 0 Å². The van der Waals surface area contributed by atoms with Crippen molar-refractivity contribution in [3.05, 3.63) is 23.2 Å². The van der Waals surface area contributed by atoms with Gasteiger partial charge in [0.15, 0.2) is 0 Å². The van der Waals surface area contributed by atoms with Gasteiger partial charge in [-0.05, 0) is 6.05 Å². The molecule has 10 heavy (non-hydrogen) atoms. The lowest BCUT2D eigenvalue weighted by molar-refractivity contribution is 0.779. The first-order valence-electron chi connectivity index (χ1n) is 4.19. The van der Waals surface area contributed by atoms with E-state index in [-0.39, 0.29) is 22.0 Å². The van der Waals surface area contributed by atoms with Crippen LogP contribution in [0.3, 0.4) is 0 Å². The van der Waals surface area contributed by atoms with Gasteiger partial charge in [0.05, 0.1) is 2.74 Å². The number of hydrogen-bond acceptors (Lipinski definition) is 0. The van der Waals surface area contributed by atoms with Crippen LogP contribution in [0.5, 0.6) is 0 Å². The van der Waals surface area contributed by atoms with Crippen molar-refractivity contribution in [2.75, 3.05) is 5.33 Å². The van der Waals surface area contributed by atoms with Gasteiger partial charge in [0, 0.05) is 22.5 Å². The predicted molar refractivity (Wildman–Crippen MR) is 53.1 cm³/mol. The van der Waals surface area contributed by atoms with Gasteiger partial charge >= 0.3 is 0 Å².